The van der Waals surface area contributed by atoms with Crippen LogP contribution in [0.15, 0.2) is 58.5 Å². The number of tetrazole rings is 1. The van der Waals surface area contributed by atoms with Crippen LogP contribution >= 0.6 is 11.3 Å². The van der Waals surface area contributed by atoms with Gasteiger partial charge in [0.25, 0.3) is 0 Å². The Balaban J connectivity index is 1.40. The van der Waals surface area contributed by atoms with Gasteiger partial charge in [0.15, 0.2) is 11.5 Å². The normalized spacial score (nSPS) is 14.4. The molecule has 4 aromatic rings. The largest absolute Gasteiger partial charge is 0.493 e. The highest BCUT2D eigenvalue weighted by Gasteiger charge is 2.34. The average molecular weight is 565 g/mol. The fraction of sp³-hybridized carbons (Fsp3) is 0.393. The second kappa shape index (κ2) is 12.8. The van der Waals surface area contributed by atoms with E-state index < -0.39 is 6.04 Å². The van der Waals surface area contributed by atoms with Crippen LogP contribution in [-0.2, 0) is 22.7 Å². The lowest BCUT2D eigenvalue weighted by Gasteiger charge is -2.32. The molecule has 0 radical (unpaired) electrons. The van der Waals surface area contributed by atoms with E-state index in [2.05, 4.69) is 20.7 Å². The van der Waals surface area contributed by atoms with Gasteiger partial charge >= 0.3 is 0 Å². The van der Waals surface area contributed by atoms with Gasteiger partial charge in [0.05, 0.1) is 27.0 Å². The first-order valence-corrected chi connectivity index (χ1v) is 14.1. The van der Waals surface area contributed by atoms with Crippen LogP contribution in [0.5, 0.6) is 11.5 Å². The summed E-state index contributed by atoms with van der Waals surface area (Å²) in [7, 11) is 3.11. The van der Waals surface area contributed by atoms with Gasteiger partial charge in [-0.05, 0) is 59.8 Å². The van der Waals surface area contributed by atoms with E-state index in [1.165, 1.54) is 27.5 Å². The summed E-state index contributed by atoms with van der Waals surface area (Å²) in [5.74, 6) is 1.46. The Bertz CT molecular complexity index is 1400. The fourth-order valence-electron chi connectivity index (χ4n) is 4.91. The zero-order valence-corrected chi connectivity index (χ0v) is 23.3. The highest BCUT2D eigenvalue weighted by Crippen LogP contribution is 2.31. The summed E-state index contributed by atoms with van der Waals surface area (Å²) in [6.45, 7) is -0.0939. The first-order valence-electron chi connectivity index (χ1n) is 13.2. The summed E-state index contributed by atoms with van der Waals surface area (Å²) < 4.78 is 16.2. The SMILES string of the molecule is COc1ccc(-c2nnn(CC(=O)N(Cc3ccco3)[C@@H](C(=O)NC3CCCCC3)c3cccs3)n2)cc1OC. The molecule has 0 spiro atoms. The Morgan fingerprint density at radius 3 is 2.65 bits per heavy atom. The first kappa shape index (κ1) is 27.4. The zero-order valence-electron chi connectivity index (χ0n) is 22.5. The van der Waals surface area contributed by atoms with Crippen LogP contribution in [0.4, 0.5) is 0 Å². The molecule has 2 amide bonds. The van der Waals surface area contributed by atoms with E-state index in [9.17, 15) is 9.59 Å². The van der Waals surface area contributed by atoms with Gasteiger partial charge in [-0.1, -0.05) is 25.3 Å². The van der Waals surface area contributed by atoms with E-state index in [1.54, 1.807) is 50.8 Å². The minimum Gasteiger partial charge on any atom is -0.493 e. The predicted molar refractivity (Wildman–Crippen MR) is 148 cm³/mol. The first-order chi connectivity index (χ1) is 19.6. The van der Waals surface area contributed by atoms with Crippen molar-refractivity contribution in [3.8, 4) is 22.9 Å². The highest BCUT2D eigenvalue weighted by molar-refractivity contribution is 7.10. The Kier molecular flexibility index (Phi) is 8.74. The number of nitrogens with one attached hydrogen (secondary N) is 1. The van der Waals surface area contributed by atoms with Crippen LogP contribution in [0.1, 0.15) is 48.8 Å². The smallest absolute Gasteiger partial charge is 0.248 e. The summed E-state index contributed by atoms with van der Waals surface area (Å²) in [4.78, 5) is 31.1. The van der Waals surface area contributed by atoms with Gasteiger partial charge in [0.1, 0.15) is 18.3 Å². The van der Waals surface area contributed by atoms with Crippen LogP contribution in [-0.4, -0.2) is 57.2 Å². The number of benzene rings is 1. The third kappa shape index (κ3) is 6.33. The molecular formula is C28H32N6O5S. The predicted octanol–water partition coefficient (Wildman–Crippen LogP) is 4.23. The quantitative estimate of drug-likeness (QED) is 0.287. The molecule has 1 aromatic carbocycles. The molecule has 11 nitrogen and oxygen atoms in total. The number of thiophene rings is 1. The Hall–Kier alpha value is -4.19. The van der Waals surface area contributed by atoms with Crippen LogP contribution < -0.4 is 14.8 Å². The van der Waals surface area contributed by atoms with Crippen molar-refractivity contribution in [1.82, 2.24) is 30.4 Å². The maximum atomic E-state index is 13.8. The lowest BCUT2D eigenvalue weighted by Crippen LogP contribution is -2.47. The maximum Gasteiger partial charge on any atom is 0.248 e. The average Bonchev–Trinajstić information content (AvgIpc) is 3.77. The number of rotatable bonds is 11. The minimum absolute atomic E-state index is 0.102. The van der Waals surface area contributed by atoms with E-state index >= 15 is 0 Å². The van der Waals surface area contributed by atoms with Crippen molar-refractivity contribution in [2.24, 2.45) is 0 Å². The van der Waals surface area contributed by atoms with Crippen molar-refractivity contribution >= 4 is 23.2 Å². The van der Waals surface area contributed by atoms with Crippen molar-refractivity contribution in [2.45, 2.75) is 57.3 Å². The van der Waals surface area contributed by atoms with Crippen molar-refractivity contribution < 1.29 is 23.5 Å². The third-order valence-electron chi connectivity index (χ3n) is 6.92. The number of carbonyl (C=O) groups excluding carboxylic acids is 2. The van der Waals surface area contributed by atoms with E-state index in [0.717, 1.165) is 30.6 Å². The molecule has 0 aliphatic heterocycles. The molecule has 1 aliphatic rings. The number of hydrogen-bond donors (Lipinski definition) is 1. The van der Waals surface area contributed by atoms with E-state index in [0.29, 0.717) is 28.6 Å². The number of hydrogen-bond acceptors (Lipinski definition) is 9. The monoisotopic (exact) mass is 564 g/mol. The molecular weight excluding hydrogens is 532 g/mol. The van der Waals surface area contributed by atoms with Gasteiger partial charge in [-0.3, -0.25) is 9.59 Å². The Morgan fingerprint density at radius 2 is 1.95 bits per heavy atom. The zero-order chi connectivity index (χ0) is 27.9. The van der Waals surface area contributed by atoms with Crippen molar-refractivity contribution in [2.75, 3.05) is 14.2 Å². The van der Waals surface area contributed by atoms with Crippen LogP contribution in [0.25, 0.3) is 11.4 Å². The van der Waals surface area contributed by atoms with Crippen molar-refractivity contribution in [1.29, 1.82) is 0 Å². The maximum absolute atomic E-state index is 13.8. The summed E-state index contributed by atoms with van der Waals surface area (Å²) >= 11 is 1.44. The fourth-order valence-corrected chi connectivity index (χ4v) is 5.74. The van der Waals surface area contributed by atoms with Gasteiger partial charge in [-0.15, -0.1) is 21.5 Å². The van der Waals surface area contributed by atoms with Crippen molar-refractivity contribution in [3.05, 3.63) is 64.7 Å². The number of nitrogens with zero attached hydrogens (tertiary/aromatic N) is 5. The summed E-state index contributed by atoms with van der Waals surface area (Å²) in [6.07, 6.45) is 6.79. The van der Waals surface area contributed by atoms with Gasteiger partial charge in [0, 0.05) is 16.5 Å². The lowest BCUT2D eigenvalue weighted by atomic mass is 9.95. The van der Waals surface area contributed by atoms with Gasteiger partial charge in [-0.2, -0.15) is 4.80 Å². The summed E-state index contributed by atoms with van der Waals surface area (Å²) in [6, 6.07) is 11.9. The van der Waals surface area contributed by atoms with Gasteiger partial charge in [-0.25, -0.2) is 0 Å². The number of aromatic nitrogens is 4. The number of ether oxygens (including phenoxy) is 2. The molecule has 0 bridgehead atoms. The molecule has 0 unspecified atom stereocenters. The summed E-state index contributed by atoms with van der Waals surface area (Å²) in [5.41, 5.74) is 0.659. The molecule has 40 heavy (non-hydrogen) atoms. The second-order valence-electron chi connectivity index (χ2n) is 9.58. The molecule has 210 valence electrons. The molecule has 5 rings (SSSR count). The molecule has 0 saturated heterocycles. The summed E-state index contributed by atoms with van der Waals surface area (Å²) in [5, 5.41) is 17.8. The van der Waals surface area contributed by atoms with E-state index in [-0.39, 0.29) is 30.9 Å². The minimum atomic E-state index is -0.826. The molecule has 3 heterocycles. The number of carbonyl (C=O) groups is 2. The standard InChI is InChI=1S/C28H32N6O5S/c1-37-22-13-12-19(16-23(22)38-2)27-30-32-34(31-27)18-25(35)33(17-21-10-6-14-39-21)26(24-11-7-15-40-24)28(36)29-20-8-4-3-5-9-20/h6-7,10-16,20,26H,3-5,8-9,17-18H2,1-2H3,(H,29,36)/t26-/m1/s1. The Morgan fingerprint density at radius 1 is 1.12 bits per heavy atom. The lowest BCUT2D eigenvalue weighted by molar-refractivity contribution is -0.143. The number of amides is 2. The molecule has 1 N–H and O–H groups in total. The van der Waals surface area contributed by atoms with Gasteiger partial charge in [0.2, 0.25) is 17.6 Å². The number of furan rings is 1. The highest BCUT2D eigenvalue weighted by atomic mass is 32.1. The number of methoxy groups -OCH3 is 2. The Labute approximate surface area is 236 Å². The van der Waals surface area contributed by atoms with Gasteiger partial charge < -0.3 is 24.1 Å². The second-order valence-corrected chi connectivity index (χ2v) is 10.6. The van der Waals surface area contributed by atoms with Crippen LogP contribution in [0.3, 0.4) is 0 Å². The van der Waals surface area contributed by atoms with E-state index in [1.807, 2.05) is 17.5 Å². The van der Waals surface area contributed by atoms with E-state index in [4.69, 9.17) is 13.9 Å². The molecule has 1 saturated carbocycles. The molecule has 1 aliphatic carbocycles. The molecule has 1 atom stereocenters. The van der Waals surface area contributed by atoms with Crippen molar-refractivity contribution in [3.63, 3.8) is 0 Å². The third-order valence-corrected chi connectivity index (χ3v) is 7.85. The molecule has 3 aromatic heterocycles. The molecule has 1 fully saturated rings. The van der Waals surface area contributed by atoms with Crippen LogP contribution in [0.2, 0.25) is 0 Å². The van der Waals surface area contributed by atoms with Crippen LogP contribution in [0, 0.1) is 0 Å². The topological polar surface area (TPSA) is 125 Å². The molecule has 12 heteroatoms.